The van der Waals surface area contributed by atoms with Gasteiger partial charge in [0.1, 0.15) is 5.75 Å². The van der Waals surface area contributed by atoms with Crippen molar-refractivity contribution in [2.75, 3.05) is 31.7 Å². The predicted molar refractivity (Wildman–Crippen MR) is 107 cm³/mol. The van der Waals surface area contributed by atoms with Crippen LogP contribution in [-0.4, -0.2) is 32.3 Å². The van der Waals surface area contributed by atoms with Crippen molar-refractivity contribution in [1.29, 1.82) is 0 Å². The van der Waals surface area contributed by atoms with Crippen molar-refractivity contribution < 1.29 is 19.0 Å². The monoisotopic (exact) mass is 371 g/mol. The molecule has 2 aromatic carbocycles. The molecule has 0 aliphatic carbocycles. The first-order valence-electron chi connectivity index (χ1n) is 9.47. The first kappa shape index (κ1) is 20.9. The van der Waals surface area contributed by atoms with Crippen molar-refractivity contribution in [3.63, 3.8) is 0 Å². The Morgan fingerprint density at radius 1 is 0.926 bits per heavy atom. The molecule has 0 fully saturated rings. The van der Waals surface area contributed by atoms with E-state index in [1.165, 1.54) is 0 Å². The molecule has 0 spiro atoms. The van der Waals surface area contributed by atoms with E-state index in [2.05, 4.69) is 5.32 Å². The maximum atomic E-state index is 12.2. The summed E-state index contributed by atoms with van der Waals surface area (Å²) in [7, 11) is 0. The van der Waals surface area contributed by atoms with E-state index in [9.17, 15) is 4.79 Å². The Hall–Kier alpha value is -2.37. The van der Waals surface area contributed by atoms with E-state index in [-0.39, 0.29) is 5.91 Å². The van der Waals surface area contributed by atoms with Crippen LogP contribution in [0, 0.1) is 0 Å². The van der Waals surface area contributed by atoms with Crippen molar-refractivity contribution in [3.05, 3.63) is 59.7 Å². The second-order valence-electron chi connectivity index (χ2n) is 6.08. The standard InChI is InChI=1S/C22H29NO4/c1-3-25-14-15-26-17-19-6-5-7-20(16-19)23-22(24)13-10-18-8-11-21(12-9-18)27-4-2/h5-9,11-12,16H,3-4,10,13-15,17H2,1-2H3,(H,23,24). The van der Waals surface area contributed by atoms with Crippen LogP contribution in [0.3, 0.4) is 0 Å². The summed E-state index contributed by atoms with van der Waals surface area (Å²) in [5.74, 6) is 0.851. The molecule has 0 aromatic heterocycles. The van der Waals surface area contributed by atoms with E-state index < -0.39 is 0 Å². The lowest BCUT2D eigenvalue weighted by Gasteiger charge is -2.09. The molecule has 0 radical (unpaired) electrons. The number of hydrogen-bond acceptors (Lipinski definition) is 4. The van der Waals surface area contributed by atoms with Crippen molar-refractivity contribution in [1.82, 2.24) is 0 Å². The van der Waals surface area contributed by atoms with E-state index in [0.717, 1.165) is 22.6 Å². The van der Waals surface area contributed by atoms with Crippen LogP contribution in [0.1, 0.15) is 31.4 Å². The van der Waals surface area contributed by atoms with Gasteiger partial charge in [0.15, 0.2) is 0 Å². The summed E-state index contributed by atoms with van der Waals surface area (Å²) in [6, 6.07) is 15.6. The van der Waals surface area contributed by atoms with Crippen LogP contribution in [0.4, 0.5) is 5.69 Å². The second-order valence-corrected chi connectivity index (χ2v) is 6.08. The molecule has 5 heteroatoms. The fourth-order valence-electron chi connectivity index (χ4n) is 2.59. The highest BCUT2D eigenvalue weighted by atomic mass is 16.5. The number of rotatable bonds is 12. The minimum atomic E-state index is -0.00158. The summed E-state index contributed by atoms with van der Waals surface area (Å²) in [6.07, 6.45) is 1.13. The summed E-state index contributed by atoms with van der Waals surface area (Å²) in [6.45, 7) is 6.93. The summed E-state index contributed by atoms with van der Waals surface area (Å²) in [4.78, 5) is 12.2. The van der Waals surface area contributed by atoms with Gasteiger partial charge in [0.05, 0.1) is 26.4 Å². The molecule has 0 saturated heterocycles. The molecular formula is C22H29NO4. The highest BCUT2D eigenvalue weighted by Gasteiger charge is 2.05. The van der Waals surface area contributed by atoms with Crippen molar-refractivity contribution >= 4 is 11.6 Å². The molecule has 0 atom stereocenters. The Balaban J connectivity index is 1.75. The fraction of sp³-hybridized carbons (Fsp3) is 0.409. The Morgan fingerprint density at radius 2 is 1.70 bits per heavy atom. The number of carbonyl (C=O) groups is 1. The first-order chi connectivity index (χ1) is 13.2. The zero-order chi connectivity index (χ0) is 19.3. The van der Waals surface area contributed by atoms with Crippen LogP contribution in [0.25, 0.3) is 0 Å². The van der Waals surface area contributed by atoms with E-state index in [1.54, 1.807) is 0 Å². The van der Waals surface area contributed by atoms with Gasteiger partial charge in [-0.1, -0.05) is 24.3 Å². The van der Waals surface area contributed by atoms with Crippen LogP contribution in [0.15, 0.2) is 48.5 Å². The molecule has 2 rings (SSSR count). The smallest absolute Gasteiger partial charge is 0.224 e. The minimum absolute atomic E-state index is 0.00158. The van der Waals surface area contributed by atoms with Gasteiger partial charge in [-0.05, 0) is 55.7 Å². The van der Waals surface area contributed by atoms with Crippen LogP contribution in [0.2, 0.25) is 0 Å². The Morgan fingerprint density at radius 3 is 2.44 bits per heavy atom. The van der Waals surface area contributed by atoms with E-state index in [1.807, 2.05) is 62.4 Å². The molecule has 0 unspecified atom stereocenters. The maximum Gasteiger partial charge on any atom is 0.224 e. The third kappa shape index (κ3) is 8.24. The first-order valence-corrected chi connectivity index (χ1v) is 9.47. The molecule has 0 bridgehead atoms. The zero-order valence-electron chi connectivity index (χ0n) is 16.2. The number of benzene rings is 2. The number of carbonyl (C=O) groups excluding carboxylic acids is 1. The third-order valence-electron chi connectivity index (χ3n) is 3.93. The fourth-order valence-corrected chi connectivity index (χ4v) is 2.59. The van der Waals surface area contributed by atoms with Crippen LogP contribution in [0.5, 0.6) is 5.75 Å². The van der Waals surface area contributed by atoms with Crippen LogP contribution >= 0.6 is 0 Å². The predicted octanol–water partition coefficient (Wildman–Crippen LogP) is 4.21. The highest BCUT2D eigenvalue weighted by molar-refractivity contribution is 5.90. The summed E-state index contributed by atoms with van der Waals surface area (Å²) in [5.41, 5.74) is 2.93. The van der Waals surface area contributed by atoms with Gasteiger partial charge in [-0.2, -0.15) is 0 Å². The number of anilines is 1. The normalized spacial score (nSPS) is 10.6. The summed E-state index contributed by atoms with van der Waals surface area (Å²) < 4.78 is 16.2. The Kier molecular flexibility index (Phi) is 9.38. The Bertz CT molecular complexity index is 685. The Labute approximate surface area is 161 Å². The molecule has 146 valence electrons. The lowest BCUT2D eigenvalue weighted by atomic mass is 10.1. The molecule has 0 saturated carbocycles. The zero-order valence-corrected chi connectivity index (χ0v) is 16.2. The molecule has 0 heterocycles. The molecule has 0 aliphatic heterocycles. The van der Waals surface area contributed by atoms with Gasteiger partial charge in [-0.3, -0.25) is 4.79 Å². The lowest BCUT2D eigenvalue weighted by Crippen LogP contribution is -2.12. The van der Waals surface area contributed by atoms with Crippen molar-refractivity contribution in [2.24, 2.45) is 0 Å². The van der Waals surface area contributed by atoms with Gasteiger partial charge in [-0.15, -0.1) is 0 Å². The molecule has 5 nitrogen and oxygen atoms in total. The number of nitrogens with one attached hydrogen (secondary N) is 1. The lowest BCUT2D eigenvalue weighted by molar-refractivity contribution is -0.116. The van der Waals surface area contributed by atoms with Crippen molar-refractivity contribution in [2.45, 2.75) is 33.3 Å². The second kappa shape index (κ2) is 12.1. The number of ether oxygens (including phenoxy) is 3. The quantitative estimate of drug-likeness (QED) is 0.568. The van der Waals surface area contributed by atoms with Gasteiger partial charge in [0.25, 0.3) is 0 Å². The van der Waals surface area contributed by atoms with E-state index >= 15 is 0 Å². The van der Waals surface area contributed by atoms with E-state index in [0.29, 0.717) is 45.9 Å². The van der Waals surface area contributed by atoms with E-state index in [4.69, 9.17) is 14.2 Å². The third-order valence-corrected chi connectivity index (χ3v) is 3.93. The SMILES string of the molecule is CCOCCOCc1cccc(NC(=O)CCc2ccc(OCC)cc2)c1. The topological polar surface area (TPSA) is 56.8 Å². The van der Waals surface area contributed by atoms with Gasteiger partial charge in [-0.25, -0.2) is 0 Å². The molecule has 1 amide bonds. The van der Waals surface area contributed by atoms with Gasteiger partial charge in [0, 0.05) is 18.7 Å². The summed E-state index contributed by atoms with van der Waals surface area (Å²) in [5, 5.41) is 2.95. The molecule has 2 aromatic rings. The summed E-state index contributed by atoms with van der Waals surface area (Å²) >= 11 is 0. The van der Waals surface area contributed by atoms with Crippen LogP contribution in [-0.2, 0) is 27.3 Å². The molecule has 0 aliphatic rings. The average Bonchev–Trinajstić information content (AvgIpc) is 2.68. The minimum Gasteiger partial charge on any atom is -0.494 e. The average molecular weight is 371 g/mol. The largest absolute Gasteiger partial charge is 0.494 e. The molecule has 27 heavy (non-hydrogen) atoms. The van der Waals surface area contributed by atoms with Gasteiger partial charge >= 0.3 is 0 Å². The van der Waals surface area contributed by atoms with Crippen molar-refractivity contribution in [3.8, 4) is 5.75 Å². The number of aryl methyl sites for hydroxylation is 1. The molecule has 1 N–H and O–H groups in total. The maximum absolute atomic E-state index is 12.2. The van der Waals surface area contributed by atoms with Crippen LogP contribution < -0.4 is 10.1 Å². The molecular weight excluding hydrogens is 342 g/mol. The van der Waals surface area contributed by atoms with Gasteiger partial charge < -0.3 is 19.5 Å². The number of amides is 1. The highest BCUT2D eigenvalue weighted by Crippen LogP contribution is 2.15. The van der Waals surface area contributed by atoms with Gasteiger partial charge in [0.2, 0.25) is 5.91 Å². The number of hydrogen-bond donors (Lipinski definition) is 1.